The van der Waals surface area contributed by atoms with Crippen molar-refractivity contribution in [3.8, 4) is 0 Å². The Morgan fingerprint density at radius 3 is 2.57 bits per heavy atom. The zero-order valence-electron chi connectivity index (χ0n) is 13.1. The van der Waals surface area contributed by atoms with Gasteiger partial charge in [0.25, 0.3) is 0 Å². The van der Waals surface area contributed by atoms with E-state index >= 15 is 0 Å². The van der Waals surface area contributed by atoms with Crippen molar-refractivity contribution in [3.63, 3.8) is 0 Å². The van der Waals surface area contributed by atoms with Crippen molar-refractivity contribution < 1.29 is 5.11 Å². The van der Waals surface area contributed by atoms with Crippen molar-refractivity contribution in [2.24, 2.45) is 11.8 Å². The summed E-state index contributed by atoms with van der Waals surface area (Å²) in [5, 5.41) is 13.9. The Balaban J connectivity index is 1.85. The fourth-order valence-corrected chi connectivity index (χ4v) is 6.78. The number of alkyl halides is 2. The van der Waals surface area contributed by atoms with Crippen LogP contribution in [0.1, 0.15) is 43.6 Å². The highest BCUT2D eigenvalue weighted by atomic mass is 127. The molecule has 3 heteroatoms. The number of rotatable bonds is 1. The van der Waals surface area contributed by atoms with Crippen LogP contribution in [-0.2, 0) is 0 Å². The topological polar surface area (TPSA) is 20.2 Å². The van der Waals surface area contributed by atoms with E-state index in [9.17, 15) is 5.11 Å². The van der Waals surface area contributed by atoms with E-state index in [0.717, 1.165) is 12.3 Å². The molecule has 2 aromatic carbocycles. The summed E-state index contributed by atoms with van der Waals surface area (Å²) in [6.07, 6.45) is 6.19. The monoisotopic (exact) mass is 532 g/mol. The van der Waals surface area contributed by atoms with Crippen molar-refractivity contribution in [3.05, 3.63) is 48.0 Å². The van der Waals surface area contributed by atoms with E-state index in [2.05, 4.69) is 87.6 Å². The predicted molar refractivity (Wildman–Crippen MR) is 114 cm³/mol. The molecular weight excluding hydrogens is 510 g/mol. The summed E-state index contributed by atoms with van der Waals surface area (Å²) in [4.78, 5) is 0. The van der Waals surface area contributed by atoms with Gasteiger partial charge in [-0.2, -0.15) is 0 Å². The largest absolute Gasteiger partial charge is 0.390 e. The van der Waals surface area contributed by atoms with E-state index in [4.69, 9.17) is 0 Å². The molecule has 4 atom stereocenters. The maximum atomic E-state index is 11.2. The second kappa shape index (κ2) is 6.45. The average molecular weight is 532 g/mol. The molecule has 4 unspecified atom stereocenters. The van der Waals surface area contributed by atoms with E-state index in [1.54, 1.807) is 0 Å². The Bertz CT molecular complexity index is 706. The van der Waals surface area contributed by atoms with Crippen LogP contribution in [0.3, 0.4) is 0 Å². The van der Waals surface area contributed by atoms with Crippen LogP contribution in [0.25, 0.3) is 10.8 Å². The number of hydrogen-bond acceptors (Lipinski definition) is 1. The van der Waals surface area contributed by atoms with Gasteiger partial charge in [0.15, 0.2) is 0 Å². The van der Waals surface area contributed by atoms with Gasteiger partial charge >= 0.3 is 0 Å². The zero-order chi connectivity index (χ0) is 16.0. The van der Waals surface area contributed by atoms with Gasteiger partial charge in [-0.05, 0) is 41.0 Å². The first kappa shape index (κ1) is 16.6. The van der Waals surface area contributed by atoms with Crippen molar-refractivity contribution in [1.29, 1.82) is 0 Å². The summed E-state index contributed by atoms with van der Waals surface area (Å²) in [6.45, 7) is 0. The number of fused-ring (bicyclic) bond motifs is 2. The number of halogens is 2. The Labute approximate surface area is 165 Å². The van der Waals surface area contributed by atoms with Gasteiger partial charge in [-0.3, -0.25) is 0 Å². The molecule has 23 heavy (non-hydrogen) atoms. The quantitative estimate of drug-likeness (QED) is 0.350. The van der Waals surface area contributed by atoms with Crippen LogP contribution < -0.4 is 0 Å². The minimum absolute atomic E-state index is 0.0460. The zero-order valence-corrected chi connectivity index (χ0v) is 17.4. The van der Waals surface area contributed by atoms with Crippen molar-refractivity contribution in [2.45, 2.75) is 45.6 Å². The molecule has 1 N–H and O–H groups in total. The van der Waals surface area contributed by atoms with E-state index in [0.29, 0.717) is 5.92 Å². The second-order valence-corrected chi connectivity index (χ2v) is 13.1. The van der Waals surface area contributed by atoms with Gasteiger partial charge in [0.05, 0.1) is 6.10 Å². The SMILES string of the molecule is OC1C(c2cccc3ccccc23)C2CCCCC2CC1(I)I. The molecule has 0 radical (unpaired) electrons. The third kappa shape index (κ3) is 2.95. The summed E-state index contributed by atoms with van der Waals surface area (Å²) in [5.41, 5.74) is 1.37. The number of aliphatic hydroxyl groups is 1. The Morgan fingerprint density at radius 1 is 0.957 bits per heavy atom. The van der Waals surface area contributed by atoms with Crippen LogP contribution in [0.5, 0.6) is 0 Å². The molecule has 2 aliphatic rings. The molecule has 2 saturated carbocycles. The molecule has 0 bridgehead atoms. The third-order valence-electron chi connectivity index (χ3n) is 5.92. The lowest BCUT2D eigenvalue weighted by Gasteiger charge is -2.50. The standard InChI is InChI=1S/C20H22I2O/c21-20(22)12-14-7-2-4-10-16(14)18(19(20)23)17-11-5-8-13-6-1-3-9-15(13)17/h1,3,5-6,8-9,11,14,16,18-19,23H,2,4,7,10,12H2. The fourth-order valence-electron chi connectivity index (χ4n) is 4.87. The molecule has 122 valence electrons. The lowest BCUT2D eigenvalue weighted by Crippen LogP contribution is -2.48. The molecule has 0 aromatic heterocycles. The fraction of sp³-hybridized carbons (Fsp3) is 0.500. The molecule has 0 amide bonds. The van der Waals surface area contributed by atoms with Crippen LogP contribution >= 0.6 is 45.2 Å². The molecule has 2 aliphatic carbocycles. The van der Waals surface area contributed by atoms with Gasteiger partial charge in [-0.15, -0.1) is 0 Å². The highest BCUT2D eigenvalue weighted by molar-refractivity contribution is 14.2. The first-order valence-electron chi connectivity index (χ1n) is 8.61. The van der Waals surface area contributed by atoms with Crippen LogP contribution in [0, 0.1) is 11.8 Å². The van der Waals surface area contributed by atoms with Gasteiger partial charge < -0.3 is 5.11 Å². The maximum Gasteiger partial charge on any atom is 0.100 e. The second-order valence-electron chi connectivity index (χ2n) is 7.21. The molecule has 0 spiro atoms. The molecule has 0 aliphatic heterocycles. The number of aliphatic hydroxyl groups excluding tert-OH is 1. The van der Waals surface area contributed by atoms with Crippen molar-refractivity contribution in [1.82, 2.24) is 0 Å². The van der Waals surface area contributed by atoms with Gasteiger partial charge in [-0.1, -0.05) is 107 Å². The first-order valence-corrected chi connectivity index (χ1v) is 10.8. The van der Waals surface area contributed by atoms with Crippen molar-refractivity contribution >= 4 is 56.0 Å². The lowest BCUT2D eigenvalue weighted by molar-refractivity contribution is 0.0289. The van der Waals surface area contributed by atoms with Crippen LogP contribution in [0.2, 0.25) is 0 Å². The molecule has 0 saturated heterocycles. The Kier molecular flexibility index (Phi) is 4.65. The van der Waals surface area contributed by atoms with Crippen LogP contribution in [0.15, 0.2) is 42.5 Å². The molecule has 4 rings (SSSR count). The Hall–Kier alpha value is 0.120. The number of hydrogen-bond donors (Lipinski definition) is 1. The van der Waals surface area contributed by atoms with Crippen LogP contribution in [0.4, 0.5) is 0 Å². The molecule has 2 aromatic rings. The predicted octanol–water partition coefficient (Wildman–Crippen LogP) is 6.06. The van der Waals surface area contributed by atoms with E-state index < -0.39 is 0 Å². The number of benzene rings is 2. The van der Waals surface area contributed by atoms with Gasteiger partial charge in [0.2, 0.25) is 0 Å². The Morgan fingerprint density at radius 2 is 1.70 bits per heavy atom. The summed E-state index contributed by atoms with van der Waals surface area (Å²) in [7, 11) is 0. The summed E-state index contributed by atoms with van der Waals surface area (Å²) in [6, 6.07) is 15.3. The van der Waals surface area contributed by atoms with Crippen LogP contribution in [-0.4, -0.2) is 12.6 Å². The third-order valence-corrected chi connectivity index (χ3v) is 8.08. The van der Waals surface area contributed by atoms with E-state index in [1.807, 2.05) is 0 Å². The van der Waals surface area contributed by atoms with Gasteiger partial charge in [-0.25, -0.2) is 0 Å². The van der Waals surface area contributed by atoms with Gasteiger partial charge in [0.1, 0.15) is 1.43 Å². The maximum absolute atomic E-state index is 11.2. The first-order chi connectivity index (χ1) is 11.1. The minimum Gasteiger partial charge on any atom is -0.390 e. The normalized spacial score (nSPS) is 33.3. The smallest absolute Gasteiger partial charge is 0.100 e. The molecule has 2 fully saturated rings. The van der Waals surface area contributed by atoms with E-state index in [1.165, 1.54) is 42.0 Å². The lowest BCUT2D eigenvalue weighted by atomic mass is 9.62. The summed E-state index contributed by atoms with van der Waals surface area (Å²) in [5.74, 6) is 1.68. The highest BCUT2D eigenvalue weighted by Crippen LogP contribution is 2.57. The molecular formula is C20H22I2O. The highest BCUT2D eigenvalue weighted by Gasteiger charge is 2.51. The minimum atomic E-state index is -0.270. The van der Waals surface area contributed by atoms with Gasteiger partial charge in [0, 0.05) is 5.92 Å². The molecule has 1 nitrogen and oxygen atoms in total. The molecule has 0 heterocycles. The van der Waals surface area contributed by atoms with Crippen molar-refractivity contribution in [2.75, 3.05) is 0 Å². The average Bonchev–Trinajstić information content (AvgIpc) is 2.56. The summed E-state index contributed by atoms with van der Waals surface area (Å²) < 4.78 is -0.0460. The van der Waals surface area contributed by atoms with E-state index in [-0.39, 0.29) is 13.5 Å². The summed E-state index contributed by atoms with van der Waals surface area (Å²) >= 11 is 5.02.